The van der Waals surface area contributed by atoms with Gasteiger partial charge in [-0.25, -0.2) is 0 Å². The molecule has 1 aliphatic rings. The number of nitrogens with one attached hydrogen (secondary N) is 3. The average Bonchev–Trinajstić information content (AvgIpc) is 3.47. The first-order valence-corrected chi connectivity index (χ1v) is 9.08. The van der Waals surface area contributed by atoms with Crippen molar-refractivity contribution in [3.8, 4) is 5.75 Å². The van der Waals surface area contributed by atoms with Gasteiger partial charge >= 0.3 is 0 Å². The molecule has 1 saturated carbocycles. The maximum atomic E-state index is 11.6. The maximum Gasteiger partial charge on any atom is 0.223 e. The molecule has 2 rings (SSSR count). The lowest BCUT2D eigenvalue weighted by molar-refractivity contribution is -0.122. The second-order valence-electron chi connectivity index (χ2n) is 6.35. The molecular formula is C19H30N4O2. The lowest BCUT2D eigenvalue weighted by Gasteiger charge is -2.16. The molecule has 138 valence electrons. The third-order valence-electron chi connectivity index (χ3n) is 4.20. The first kappa shape index (κ1) is 19.1. The molecule has 3 N–H and O–H groups in total. The summed E-state index contributed by atoms with van der Waals surface area (Å²) in [6.07, 6.45) is 2.06. The van der Waals surface area contributed by atoms with Crippen molar-refractivity contribution >= 4 is 11.9 Å². The summed E-state index contributed by atoms with van der Waals surface area (Å²) in [6, 6.07) is 8.04. The number of methoxy groups -OCH3 is 1. The molecule has 0 radical (unpaired) electrons. The van der Waals surface area contributed by atoms with Crippen molar-refractivity contribution in [2.24, 2.45) is 10.9 Å². The van der Waals surface area contributed by atoms with Crippen molar-refractivity contribution in [3.05, 3.63) is 29.8 Å². The summed E-state index contributed by atoms with van der Waals surface area (Å²) < 4.78 is 5.43. The van der Waals surface area contributed by atoms with Crippen LogP contribution in [0, 0.1) is 5.92 Å². The normalized spacial score (nSPS) is 15.4. The predicted molar refractivity (Wildman–Crippen MR) is 101 cm³/mol. The summed E-state index contributed by atoms with van der Waals surface area (Å²) in [4.78, 5) is 16.3. The molecular weight excluding hydrogens is 316 g/mol. The minimum atomic E-state index is 0.175. The standard InChI is InChI=1S/C19H30N4O2/c1-4-20-19(22-12-11-21-18(24)15-9-10-15)23-13-14(2)16-7-5-6-8-17(16)25-3/h5-8,14-15H,4,9-13H2,1-3H3,(H,21,24)(H2,20,22,23). The number of nitrogens with zero attached hydrogens (tertiary/aromatic N) is 1. The van der Waals surface area contributed by atoms with Crippen LogP contribution in [0.1, 0.15) is 38.2 Å². The number of guanidine groups is 1. The fraction of sp³-hybridized carbons (Fsp3) is 0.579. The van der Waals surface area contributed by atoms with Gasteiger partial charge in [-0.15, -0.1) is 0 Å². The molecule has 25 heavy (non-hydrogen) atoms. The largest absolute Gasteiger partial charge is 0.496 e. The van der Waals surface area contributed by atoms with Crippen LogP contribution in [-0.2, 0) is 4.79 Å². The zero-order valence-electron chi connectivity index (χ0n) is 15.5. The first-order valence-electron chi connectivity index (χ1n) is 9.08. The Kier molecular flexibility index (Phi) is 7.57. The van der Waals surface area contributed by atoms with Crippen LogP contribution in [0.25, 0.3) is 0 Å². The van der Waals surface area contributed by atoms with Gasteiger partial charge in [0.1, 0.15) is 5.75 Å². The fourth-order valence-electron chi connectivity index (χ4n) is 2.60. The molecule has 0 spiro atoms. The number of ether oxygens (including phenoxy) is 1. The van der Waals surface area contributed by atoms with Gasteiger partial charge in [-0.1, -0.05) is 25.1 Å². The van der Waals surface area contributed by atoms with E-state index in [4.69, 9.17) is 4.74 Å². The van der Waals surface area contributed by atoms with Crippen LogP contribution in [-0.4, -0.2) is 45.2 Å². The van der Waals surface area contributed by atoms with E-state index < -0.39 is 0 Å². The highest BCUT2D eigenvalue weighted by Gasteiger charge is 2.28. The minimum Gasteiger partial charge on any atom is -0.496 e. The molecule has 6 nitrogen and oxygen atoms in total. The van der Waals surface area contributed by atoms with Gasteiger partial charge in [-0.3, -0.25) is 9.79 Å². The van der Waals surface area contributed by atoms with Crippen molar-refractivity contribution in [1.29, 1.82) is 0 Å². The topological polar surface area (TPSA) is 74.8 Å². The minimum absolute atomic E-state index is 0.175. The van der Waals surface area contributed by atoms with E-state index in [-0.39, 0.29) is 17.7 Å². The molecule has 1 amide bonds. The number of hydrogen-bond acceptors (Lipinski definition) is 3. The highest BCUT2D eigenvalue weighted by Crippen LogP contribution is 2.28. The van der Waals surface area contributed by atoms with E-state index in [1.165, 1.54) is 0 Å². The van der Waals surface area contributed by atoms with Gasteiger partial charge in [0.15, 0.2) is 5.96 Å². The summed E-state index contributed by atoms with van der Waals surface area (Å²) in [6.45, 7) is 6.90. The third-order valence-corrected chi connectivity index (χ3v) is 4.20. The summed E-state index contributed by atoms with van der Waals surface area (Å²) in [5.74, 6) is 2.34. The zero-order valence-corrected chi connectivity index (χ0v) is 15.5. The van der Waals surface area contributed by atoms with Crippen molar-refractivity contribution in [2.45, 2.75) is 32.6 Å². The van der Waals surface area contributed by atoms with Crippen LogP contribution in [0.4, 0.5) is 0 Å². The van der Waals surface area contributed by atoms with Gasteiger partial charge in [0.25, 0.3) is 0 Å². The van der Waals surface area contributed by atoms with Crippen LogP contribution in [0.15, 0.2) is 29.3 Å². The molecule has 1 fully saturated rings. The second kappa shape index (κ2) is 9.91. The highest BCUT2D eigenvalue weighted by molar-refractivity contribution is 5.81. The number of carbonyl (C=O) groups is 1. The Morgan fingerprint density at radius 2 is 1.96 bits per heavy atom. The molecule has 0 aliphatic heterocycles. The molecule has 0 heterocycles. The molecule has 1 aromatic carbocycles. The molecule has 0 bridgehead atoms. The van der Waals surface area contributed by atoms with E-state index in [0.29, 0.717) is 19.6 Å². The van der Waals surface area contributed by atoms with E-state index >= 15 is 0 Å². The maximum absolute atomic E-state index is 11.6. The Morgan fingerprint density at radius 1 is 1.24 bits per heavy atom. The molecule has 6 heteroatoms. The highest BCUT2D eigenvalue weighted by atomic mass is 16.5. The summed E-state index contributed by atoms with van der Waals surface area (Å²) in [5.41, 5.74) is 1.15. The number of amides is 1. The fourth-order valence-corrected chi connectivity index (χ4v) is 2.60. The second-order valence-corrected chi connectivity index (χ2v) is 6.35. The summed E-state index contributed by atoms with van der Waals surface area (Å²) >= 11 is 0. The van der Waals surface area contributed by atoms with Crippen LogP contribution in [0.5, 0.6) is 5.75 Å². The summed E-state index contributed by atoms with van der Waals surface area (Å²) in [5, 5.41) is 9.45. The molecule has 1 unspecified atom stereocenters. The molecule has 0 saturated heterocycles. The van der Waals surface area contributed by atoms with Crippen LogP contribution < -0.4 is 20.7 Å². The number of benzene rings is 1. The molecule has 1 aliphatic carbocycles. The van der Waals surface area contributed by atoms with Crippen molar-refractivity contribution in [2.75, 3.05) is 33.3 Å². The molecule has 1 atom stereocenters. The van der Waals surface area contributed by atoms with E-state index in [1.807, 2.05) is 25.1 Å². The number of carbonyl (C=O) groups excluding carboxylic acids is 1. The Morgan fingerprint density at radius 3 is 2.64 bits per heavy atom. The van der Waals surface area contributed by atoms with Gasteiger partial charge in [-0.05, 0) is 31.4 Å². The Hall–Kier alpha value is -2.24. The molecule has 1 aromatic rings. The van der Waals surface area contributed by atoms with E-state index in [0.717, 1.165) is 36.7 Å². The van der Waals surface area contributed by atoms with Crippen LogP contribution in [0.2, 0.25) is 0 Å². The van der Waals surface area contributed by atoms with Crippen molar-refractivity contribution in [3.63, 3.8) is 0 Å². The van der Waals surface area contributed by atoms with E-state index in [2.05, 4.69) is 33.9 Å². The molecule has 0 aromatic heterocycles. The van der Waals surface area contributed by atoms with E-state index in [9.17, 15) is 4.79 Å². The Labute approximate surface area is 150 Å². The van der Waals surface area contributed by atoms with Gasteiger partial charge in [-0.2, -0.15) is 0 Å². The number of aliphatic imine (C=N–C) groups is 1. The number of para-hydroxylation sites is 1. The lowest BCUT2D eigenvalue weighted by atomic mass is 10.0. The van der Waals surface area contributed by atoms with Gasteiger partial charge in [0.05, 0.1) is 7.11 Å². The van der Waals surface area contributed by atoms with Crippen molar-refractivity contribution in [1.82, 2.24) is 16.0 Å². The van der Waals surface area contributed by atoms with Gasteiger partial charge in [0, 0.05) is 38.0 Å². The summed E-state index contributed by atoms with van der Waals surface area (Å²) in [7, 11) is 1.69. The Balaban J connectivity index is 1.82. The number of rotatable bonds is 9. The lowest BCUT2D eigenvalue weighted by Crippen LogP contribution is -2.42. The van der Waals surface area contributed by atoms with Crippen LogP contribution in [0.3, 0.4) is 0 Å². The smallest absolute Gasteiger partial charge is 0.223 e. The van der Waals surface area contributed by atoms with E-state index in [1.54, 1.807) is 7.11 Å². The third kappa shape index (κ3) is 6.29. The predicted octanol–water partition coefficient (Wildman–Crippen LogP) is 1.88. The number of hydrogen-bond donors (Lipinski definition) is 3. The van der Waals surface area contributed by atoms with Gasteiger partial charge in [0.2, 0.25) is 5.91 Å². The SMILES string of the molecule is CCNC(=NCC(C)c1ccccc1OC)NCCNC(=O)C1CC1. The van der Waals surface area contributed by atoms with Gasteiger partial charge < -0.3 is 20.7 Å². The Bertz CT molecular complexity index is 585. The van der Waals surface area contributed by atoms with Crippen molar-refractivity contribution < 1.29 is 9.53 Å². The first-order chi connectivity index (χ1) is 12.2. The zero-order chi connectivity index (χ0) is 18.1. The van der Waals surface area contributed by atoms with Crippen LogP contribution >= 0.6 is 0 Å². The average molecular weight is 346 g/mol. The quantitative estimate of drug-likeness (QED) is 0.363. The monoisotopic (exact) mass is 346 g/mol.